The van der Waals surface area contributed by atoms with Crippen LogP contribution >= 0.6 is 11.8 Å². The molecule has 3 rings (SSSR count). The molecule has 1 aliphatic heterocycles. The molecular weight excluding hydrogens is 410 g/mol. The lowest BCUT2D eigenvalue weighted by Gasteiger charge is -2.26. The number of carbonyl (C=O) groups is 1. The first-order valence-corrected chi connectivity index (χ1v) is 11.8. The highest BCUT2D eigenvalue weighted by molar-refractivity contribution is 7.99. The van der Waals surface area contributed by atoms with Crippen molar-refractivity contribution in [3.63, 3.8) is 0 Å². The number of anilines is 1. The first kappa shape index (κ1) is 21.8. The zero-order chi connectivity index (χ0) is 20.9. The molecule has 1 N–H and O–H groups in total. The predicted octanol–water partition coefficient (Wildman–Crippen LogP) is 2.67. The highest BCUT2D eigenvalue weighted by atomic mass is 32.2. The average molecular weight is 436 g/mol. The van der Waals surface area contributed by atoms with Crippen LogP contribution in [0.3, 0.4) is 0 Å². The maximum absolute atomic E-state index is 12.7. The van der Waals surface area contributed by atoms with Crippen molar-refractivity contribution in [1.82, 2.24) is 9.37 Å². The van der Waals surface area contributed by atoms with Crippen molar-refractivity contribution >= 4 is 33.4 Å². The van der Waals surface area contributed by atoms with Crippen LogP contribution in [-0.2, 0) is 21.4 Å². The molecule has 9 heteroatoms. The maximum Gasteiger partial charge on any atom is 0.264 e. The van der Waals surface area contributed by atoms with E-state index in [1.165, 1.54) is 32.4 Å². The van der Waals surface area contributed by atoms with Gasteiger partial charge in [0.15, 0.2) is 0 Å². The Labute approximate surface area is 176 Å². The largest absolute Gasteiger partial charge is 0.322 e. The van der Waals surface area contributed by atoms with Gasteiger partial charge in [-0.05, 0) is 35.9 Å². The van der Waals surface area contributed by atoms with E-state index in [1.54, 1.807) is 6.07 Å². The fraction of sp³-hybridized carbons (Fsp3) is 0.350. The second-order valence-corrected chi connectivity index (χ2v) is 9.83. The molecular formula is C20H25N3O4S2. The number of nitrogens with zero attached hydrogens (tertiary/aromatic N) is 2. The van der Waals surface area contributed by atoms with E-state index in [1.807, 2.05) is 36.0 Å². The molecule has 0 saturated carbocycles. The van der Waals surface area contributed by atoms with E-state index >= 15 is 0 Å². The predicted molar refractivity (Wildman–Crippen MR) is 115 cm³/mol. The smallest absolute Gasteiger partial charge is 0.264 e. The second kappa shape index (κ2) is 9.73. The molecule has 0 atom stereocenters. The quantitative estimate of drug-likeness (QED) is 0.674. The van der Waals surface area contributed by atoms with Crippen LogP contribution in [0.25, 0.3) is 0 Å². The Morgan fingerprint density at radius 2 is 1.90 bits per heavy atom. The van der Waals surface area contributed by atoms with Crippen LogP contribution in [0.15, 0.2) is 53.4 Å². The number of amides is 1. The lowest BCUT2D eigenvalue weighted by Crippen LogP contribution is -2.31. The molecule has 1 fully saturated rings. The molecule has 0 radical (unpaired) electrons. The summed E-state index contributed by atoms with van der Waals surface area (Å²) in [5.74, 6) is 1.93. The molecule has 0 aliphatic carbocycles. The van der Waals surface area contributed by atoms with E-state index in [0.29, 0.717) is 5.69 Å². The summed E-state index contributed by atoms with van der Waals surface area (Å²) in [6.07, 6.45) is 0. The van der Waals surface area contributed by atoms with Crippen LogP contribution in [0.5, 0.6) is 0 Å². The van der Waals surface area contributed by atoms with Crippen LogP contribution in [0.4, 0.5) is 5.69 Å². The third-order valence-electron chi connectivity index (χ3n) is 4.68. The van der Waals surface area contributed by atoms with Gasteiger partial charge in [0.05, 0.1) is 12.0 Å². The van der Waals surface area contributed by atoms with Gasteiger partial charge in [0.2, 0.25) is 0 Å². The molecule has 0 bridgehead atoms. The minimum Gasteiger partial charge on any atom is -0.322 e. The lowest BCUT2D eigenvalue weighted by molar-refractivity contribution is -0.0258. The maximum atomic E-state index is 12.7. The van der Waals surface area contributed by atoms with Crippen LogP contribution in [0.2, 0.25) is 0 Å². The summed E-state index contributed by atoms with van der Waals surface area (Å²) in [5, 5.41) is 2.86. The SMILES string of the molecule is CON(C)S(=O)(=O)c1cccc(C(=O)Nc2cccc(CN3CCSCC3)c2)c1. The van der Waals surface area contributed by atoms with Crippen LogP contribution < -0.4 is 5.32 Å². The number of nitrogens with one attached hydrogen (secondary N) is 1. The van der Waals surface area contributed by atoms with Crippen LogP contribution in [0, 0.1) is 0 Å². The van der Waals surface area contributed by atoms with Gasteiger partial charge >= 0.3 is 0 Å². The van der Waals surface area contributed by atoms with Crippen molar-refractivity contribution in [2.45, 2.75) is 11.4 Å². The van der Waals surface area contributed by atoms with E-state index < -0.39 is 10.0 Å². The zero-order valence-electron chi connectivity index (χ0n) is 16.5. The fourth-order valence-electron chi connectivity index (χ4n) is 3.01. The Morgan fingerprint density at radius 1 is 1.17 bits per heavy atom. The topological polar surface area (TPSA) is 78.9 Å². The van der Waals surface area contributed by atoms with E-state index in [-0.39, 0.29) is 16.4 Å². The molecule has 2 aromatic rings. The zero-order valence-corrected chi connectivity index (χ0v) is 18.1. The summed E-state index contributed by atoms with van der Waals surface area (Å²) in [6, 6.07) is 13.6. The first-order chi connectivity index (χ1) is 13.9. The van der Waals surface area contributed by atoms with E-state index in [9.17, 15) is 13.2 Å². The number of hydrogen-bond acceptors (Lipinski definition) is 6. The van der Waals surface area contributed by atoms with Gasteiger partial charge in [-0.2, -0.15) is 11.8 Å². The summed E-state index contributed by atoms with van der Waals surface area (Å²) in [4.78, 5) is 19.8. The minimum absolute atomic E-state index is 0.00813. The third kappa shape index (κ3) is 5.58. The van der Waals surface area contributed by atoms with Crippen LogP contribution in [0.1, 0.15) is 15.9 Å². The standard InChI is InChI=1S/C20H25N3O4S2/c1-22(27-2)29(25,26)19-8-4-6-17(14-19)20(24)21-18-7-3-5-16(13-18)15-23-9-11-28-12-10-23/h3-8,13-14H,9-12,15H2,1-2H3,(H,21,24). The Morgan fingerprint density at radius 3 is 2.62 bits per heavy atom. The van der Waals surface area contributed by atoms with Gasteiger partial charge in [-0.3, -0.25) is 14.5 Å². The first-order valence-electron chi connectivity index (χ1n) is 9.23. The summed E-state index contributed by atoms with van der Waals surface area (Å²) < 4.78 is 25.5. The molecule has 1 aliphatic rings. The van der Waals surface area contributed by atoms with E-state index in [2.05, 4.69) is 10.2 Å². The number of hydroxylamine groups is 1. The van der Waals surface area contributed by atoms with Gasteiger partial charge < -0.3 is 5.32 Å². The van der Waals surface area contributed by atoms with Gasteiger partial charge in [-0.15, -0.1) is 0 Å². The molecule has 0 aromatic heterocycles. The van der Waals surface area contributed by atoms with Crippen molar-refractivity contribution in [1.29, 1.82) is 0 Å². The highest BCUT2D eigenvalue weighted by Crippen LogP contribution is 2.19. The molecule has 1 amide bonds. The summed E-state index contributed by atoms with van der Waals surface area (Å²) in [6.45, 7) is 2.98. The molecule has 156 valence electrons. The number of thioether (sulfide) groups is 1. The van der Waals surface area contributed by atoms with E-state index in [4.69, 9.17) is 4.84 Å². The second-order valence-electron chi connectivity index (χ2n) is 6.67. The number of sulfonamides is 1. The van der Waals surface area contributed by atoms with Crippen molar-refractivity contribution in [2.75, 3.05) is 44.1 Å². The fourth-order valence-corrected chi connectivity index (χ4v) is 5.01. The molecule has 29 heavy (non-hydrogen) atoms. The van der Waals surface area contributed by atoms with Crippen molar-refractivity contribution in [3.8, 4) is 0 Å². The number of benzene rings is 2. The van der Waals surface area contributed by atoms with Crippen molar-refractivity contribution in [2.24, 2.45) is 0 Å². The molecule has 0 unspecified atom stereocenters. The Balaban J connectivity index is 1.72. The molecule has 2 aromatic carbocycles. The lowest BCUT2D eigenvalue weighted by atomic mass is 10.1. The number of hydrogen-bond donors (Lipinski definition) is 1. The molecule has 1 heterocycles. The van der Waals surface area contributed by atoms with Gasteiger partial charge in [0, 0.05) is 49.4 Å². The average Bonchev–Trinajstić information content (AvgIpc) is 2.74. The van der Waals surface area contributed by atoms with Crippen molar-refractivity contribution < 1.29 is 18.0 Å². The normalized spacial score (nSPS) is 15.4. The Bertz CT molecular complexity index is 960. The van der Waals surface area contributed by atoms with Crippen LogP contribution in [-0.4, -0.2) is 62.4 Å². The summed E-state index contributed by atoms with van der Waals surface area (Å²) in [7, 11) is -1.25. The highest BCUT2D eigenvalue weighted by Gasteiger charge is 2.22. The number of carbonyl (C=O) groups excluding carboxylic acids is 1. The summed E-state index contributed by atoms with van der Waals surface area (Å²) in [5.41, 5.74) is 2.07. The van der Waals surface area contributed by atoms with Gasteiger partial charge in [0.25, 0.3) is 15.9 Å². The number of rotatable bonds is 7. The monoisotopic (exact) mass is 435 g/mol. The van der Waals surface area contributed by atoms with Gasteiger partial charge in [0.1, 0.15) is 0 Å². The van der Waals surface area contributed by atoms with Gasteiger partial charge in [-0.1, -0.05) is 22.7 Å². The third-order valence-corrected chi connectivity index (χ3v) is 7.30. The minimum atomic E-state index is -3.82. The molecule has 1 saturated heterocycles. The Kier molecular flexibility index (Phi) is 7.31. The van der Waals surface area contributed by atoms with E-state index in [0.717, 1.165) is 41.2 Å². The molecule has 7 nitrogen and oxygen atoms in total. The molecule has 0 spiro atoms. The Hall–Kier alpha value is -1.91. The van der Waals surface area contributed by atoms with Gasteiger partial charge in [-0.25, -0.2) is 8.42 Å². The van der Waals surface area contributed by atoms with Crippen molar-refractivity contribution in [3.05, 3.63) is 59.7 Å². The summed E-state index contributed by atoms with van der Waals surface area (Å²) >= 11 is 1.97.